The molecule has 0 unspecified atom stereocenters. The lowest BCUT2D eigenvalue weighted by molar-refractivity contribution is 0.188. The lowest BCUT2D eigenvalue weighted by Crippen LogP contribution is -2.51. The number of benzene rings is 1. The average molecular weight is 320 g/mol. The van der Waals surface area contributed by atoms with Gasteiger partial charge in [0.2, 0.25) is 10.0 Å². The summed E-state index contributed by atoms with van der Waals surface area (Å²) in [6.45, 7) is 8.55. The first-order chi connectivity index (χ1) is 10.3. The van der Waals surface area contributed by atoms with Crippen LogP contribution in [0.2, 0.25) is 0 Å². The smallest absolute Gasteiger partial charge is 0.243 e. The number of hydrogen-bond acceptors (Lipinski definition) is 4. The van der Waals surface area contributed by atoms with Crippen LogP contribution < -0.4 is 0 Å². The van der Waals surface area contributed by atoms with Gasteiger partial charge in [-0.05, 0) is 49.9 Å². The van der Waals surface area contributed by atoms with Crippen LogP contribution in [0.4, 0.5) is 0 Å². The molecule has 7 heteroatoms. The highest BCUT2D eigenvalue weighted by atomic mass is 32.2. The predicted molar refractivity (Wildman–Crippen MR) is 83.2 cm³/mol. The SMILES string of the molecule is Cc1cc(C)c(C)c(S(=O)(=O)N2CC(n3ccnn3)C2)c1C. The van der Waals surface area contributed by atoms with E-state index in [0.29, 0.717) is 18.0 Å². The summed E-state index contributed by atoms with van der Waals surface area (Å²) in [5.74, 6) is 0. The van der Waals surface area contributed by atoms with Gasteiger partial charge in [0, 0.05) is 19.3 Å². The van der Waals surface area contributed by atoms with Crippen molar-refractivity contribution in [1.29, 1.82) is 0 Å². The Morgan fingerprint density at radius 2 is 1.68 bits per heavy atom. The van der Waals surface area contributed by atoms with E-state index < -0.39 is 10.0 Å². The Hall–Kier alpha value is -1.73. The van der Waals surface area contributed by atoms with E-state index in [0.717, 1.165) is 22.3 Å². The molecule has 3 rings (SSSR count). The number of aromatic nitrogens is 3. The molecule has 1 aromatic heterocycles. The van der Waals surface area contributed by atoms with Crippen molar-refractivity contribution in [3.05, 3.63) is 40.7 Å². The van der Waals surface area contributed by atoms with Crippen LogP contribution in [-0.4, -0.2) is 40.8 Å². The molecule has 0 bridgehead atoms. The Bertz CT molecular complexity index is 780. The van der Waals surface area contributed by atoms with E-state index in [1.165, 1.54) is 4.31 Å². The maximum Gasteiger partial charge on any atom is 0.243 e. The molecule has 0 atom stereocenters. The summed E-state index contributed by atoms with van der Waals surface area (Å²) in [5, 5.41) is 7.70. The van der Waals surface area contributed by atoms with Gasteiger partial charge in [0.1, 0.15) is 0 Å². The molecular formula is C15H20N4O2S. The molecule has 0 N–H and O–H groups in total. The van der Waals surface area contributed by atoms with Crippen LogP contribution in [0, 0.1) is 27.7 Å². The van der Waals surface area contributed by atoms with E-state index in [9.17, 15) is 8.42 Å². The van der Waals surface area contributed by atoms with Crippen LogP contribution in [-0.2, 0) is 10.0 Å². The number of nitrogens with zero attached hydrogens (tertiary/aromatic N) is 4. The monoisotopic (exact) mass is 320 g/mol. The normalized spacial score (nSPS) is 16.7. The summed E-state index contributed by atoms with van der Waals surface area (Å²) < 4.78 is 29.1. The van der Waals surface area contributed by atoms with Crippen LogP contribution >= 0.6 is 0 Å². The summed E-state index contributed by atoms with van der Waals surface area (Å²) >= 11 is 0. The van der Waals surface area contributed by atoms with Gasteiger partial charge in [0.15, 0.2) is 0 Å². The summed E-state index contributed by atoms with van der Waals surface area (Å²) in [6.07, 6.45) is 3.37. The van der Waals surface area contributed by atoms with Gasteiger partial charge in [-0.2, -0.15) is 4.31 Å². The fourth-order valence-electron chi connectivity index (χ4n) is 2.89. The molecule has 22 heavy (non-hydrogen) atoms. The van der Waals surface area contributed by atoms with Crippen LogP contribution in [0.25, 0.3) is 0 Å². The second kappa shape index (κ2) is 5.17. The summed E-state index contributed by atoms with van der Waals surface area (Å²) in [7, 11) is -3.46. The third-order valence-corrected chi connectivity index (χ3v) is 6.65. The van der Waals surface area contributed by atoms with Gasteiger partial charge in [-0.25, -0.2) is 13.1 Å². The first-order valence-electron chi connectivity index (χ1n) is 7.25. The fourth-order valence-corrected chi connectivity index (χ4v) is 4.98. The molecule has 1 aliphatic heterocycles. The Labute approximate surface area is 130 Å². The highest BCUT2D eigenvalue weighted by Crippen LogP contribution is 2.33. The third kappa shape index (κ3) is 2.24. The summed E-state index contributed by atoms with van der Waals surface area (Å²) in [5.41, 5.74) is 3.70. The van der Waals surface area contributed by atoms with Crippen LogP contribution in [0.1, 0.15) is 28.3 Å². The molecule has 2 heterocycles. The number of rotatable bonds is 3. The number of hydrogen-bond donors (Lipinski definition) is 0. The van der Waals surface area contributed by atoms with Gasteiger partial charge in [-0.3, -0.25) is 0 Å². The minimum absolute atomic E-state index is 0.0730. The van der Waals surface area contributed by atoms with Crippen molar-refractivity contribution in [2.45, 2.75) is 38.6 Å². The molecule has 0 aliphatic carbocycles. The van der Waals surface area contributed by atoms with E-state index >= 15 is 0 Å². The second-order valence-electron chi connectivity index (χ2n) is 5.95. The molecule has 0 radical (unpaired) electrons. The van der Waals surface area contributed by atoms with Gasteiger partial charge < -0.3 is 0 Å². The lowest BCUT2D eigenvalue weighted by Gasteiger charge is -2.38. The first-order valence-corrected chi connectivity index (χ1v) is 8.69. The minimum atomic E-state index is -3.46. The lowest BCUT2D eigenvalue weighted by atomic mass is 10.0. The molecule has 1 aliphatic rings. The molecule has 0 spiro atoms. The van der Waals surface area contributed by atoms with E-state index in [4.69, 9.17) is 0 Å². The fraction of sp³-hybridized carbons (Fsp3) is 0.467. The average Bonchev–Trinajstić information content (AvgIpc) is 2.88. The summed E-state index contributed by atoms with van der Waals surface area (Å²) in [4.78, 5) is 0.460. The quantitative estimate of drug-likeness (QED) is 0.864. The van der Waals surface area contributed by atoms with E-state index in [-0.39, 0.29) is 6.04 Å². The van der Waals surface area contributed by atoms with Crippen LogP contribution in [0.15, 0.2) is 23.4 Å². The highest BCUT2D eigenvalue weighted by Gasteiger charge is 2.39. The molecule has 0 saturated carbocycles. The van der Waals surface area contributed by atoms with Crippen molar-refractivity contribution < 1.29 is 8.42 Å². The van der Waals surface area contributed by atoms with E-state index in [1.807, 2.05) is 33.8 Å². The molecule has 1 aromatic carbocycles. The van der Waals surface area contributed by atoms with Crippen molar-refractivity contribution in [3.63, 3.8) is 0 Å². The van der Waals surface area contributed by atoms with Crippen molar-refractivity contribution in [2.24, 2.45) is 0 Å². The van der Waals surface area contributed by atoms with Crippen molar-refractivity contribution in [2.75, 3.05) is 13.1 Å². The molecule has 1 fully saturated rings. The zero-order valence-electron chi connectivity index (χ0n) is 13.2. The standard InChI is InChI=1S/C15H20N4O2S/c1-10-7-11(2)13(4)15(12(10)3)22(20,21)18-8-14(9-18)19-6-5-16-17-19/h5-7,14H,8-9H2,1-4H3. The number of aryl methyl sites for hydroxylation is 2. The third-order valence-electron chi connectivity index (χ3n) is 4.54. The molecule has 2 aromatic rings. The maximum absolute atomic E-state index is 13.0. The Morgan fingerprint density at radius 1 is 1.09 bits per heavy atom. The molecule has 118 valence electrons. The van der Waals surface area contributed by atoms with Gasteiger partial charge in [-0.1, -0.05) is 11.3 Å². The zero-order chi connectivity index (χ0) is 16.1. The summed E-state index contributed by atoms with van der Waals surface area (Å²) in [6, 6.07) is 2.11. The minimum Gasteiger partial charge on any atom is -0.247 e. The molecule has 1 saturated heterocycles. The van der Waals surface area contributed by atoms with Crippen LogP contribution in [0.3, 0.4) is 0 Å². The van der Waals surface area contributed by atoms with Crippen LogP contribution in [0.5, 0.6) is 0 Å². The zero-order valence-corrected chi connectivity index (χ0v) is 14.1. The molecule has 6 nitrogen and oxygen atoms in total. The van der Waals surface area contributed by atoms with E-state index in [2.05, 4.69) is 10.3 Å². The Morgan fingerprint density at radius 3 is 2.18 bits per heavy atom. The van der Waals surface area contributed by atoms with Gasteiger partial charge in [-0.15, -0.1) is 5.10 Å². The topological polar surface area (TPSA) is 68.1 Å². The van der Waals surface area contributed by atoms with Crippen molar-refractivity contribution >= 4 is 10.0 Å². The second-order valence-corrected chi connectivity index (χ2v) is 7.82. The van der Waals surface area contributed by atoms with Crippen molar-refractivity contribution in [1.82, 2.24) is 19.3 Å². The number of sulfonamides is 1. The van der Waals surface area contributed by atoms with Gasteiger partial charge >= 0.3 is 0 Å². The van der Waals surface area contributed by atoms with Gasteiger partial charge in [0.25, 0.3) is 0 Å². The Balaban J connectivity index is 1.93. The molecule has 0 amide bonds. The maximum atomic E-state index is 13.0. The largest absolute Gasteiger partial charge is 0.247 e. The predicted octanol–water partition coefficient (Wildman–Crippen LogP) is 1.76. The first kappa shape index (κ1) is 15.2. The van der Waals surface area contributed by atoms with E-state index in [1.54, 1.807) is 17.1 Å². The Kier molecular flexibility index (Phi) is 3.57. The van der Waals surface area contributed by atoms with Gasteiger partial charge in [0.05, 0.1) is 17.1 Å². The highest BCUT2D eigenvalue weighted by molar-refractivity contribution is 7.89. The van der Waals surface area contributed by atoms with Crippen molar-refractivity contribution in [3.8, 4) is 0 Å². The molecular weight excluding hydrogens is 300 g/mol.